The van der Waals surface area contributed by atoms with Gasteiger partial charge in [0.05, 0.1) is 0 Å². The molecule has 0 N–H and O–H groups in total. The number of nitrogens with zero attached hydrogens (tertiary/aromatic N) is 1. The molecule has 1 aromatic carbocycles. The Morgan fingerprint density at radius 1 is 1.29 bits per heavy atom. The van der Waals surface area contributed by atoms with E-state index in [1.54, 1.807) is 4.90 Å². The number of benzene rings is 1. The number of carbonyl (C=O) groups excluding carboxylic acids is 1. The first-order valence-corrected chi connectivity index (χ1v) is 6.71. The third kappa shape index (κ3) is 3.84. The first-order chi connectivity index (χ1) is 7.93. The van der Waals surface area contributed by atoms with E-state index in [2.05, 4.69) is 29.8 Å². The minimum Gasteiger partial charge on any atom is -0.341 e. The van der Waals surface area contributed by atoms with E-state index in [0.717, 1.165) is 10.0 Å². The Bertz CT molecular complexity index is 390. The molecule has 17 heavy (non-hydrogen) atoms. The Morgan fingerprint density at radius 3 is 2.41 bits per heavy atom. The van der Waals surface area contributed by atoms with Crippen LogP contribution in [0.1, 0.15) is 26.3 Å². The van der Waals surface area contributed by atoms with Gasteiger partial charge in [0.2, 0.25) is 5.91 Å². The van der Waals surface area contributed by atoms with E-state index in [4.69, 9.17) is 0 Å². The van der Waals surface area contributed by atoms with Gasteiger partial charge in [0, 0.05) is 24.0 Å². The van der Waals surface area contributed by atoms with Gasteiger partial charge in [-0.25, -0.2) is 0 Å². The van der Waals surface area contributed by atoms with E-state index < -0.39 is 0 Å². The number of hydrogen-bond acceptors (Lipinski definition) is 1. The summed E-state index contributed by atoms with van der Waals surface area (Å²) < 4.78 is 1.05. The molecule has 0 aliphatic carbocycles. The summed E-state index contributed by atoms with van der Waals surface area (Å²) in [6.07, 6.45) is 0. The van der Waals surface area contributed by atoms with Crippen LogP contribution in [-0.4, -0.2) is 17.9 Å². The van der Waals surface area contributed by atoms with Crippen LogP contribution in [0.2, 0.25) is 0 Å². The summed E-state index contributed by atoms with van der Waals surface area (Å²) in [4.78, 5) is 13.9. The summed E-state index contributed by atoms with van der Waals surface area (Å²) in [5, 5.41) is 0. The Hall–Kier alpha value is -0.830. The molecule has 1 atom stereocenters. The number of amides is 1. The van der Waals surface area contributed by atoms with Crippen LogP contribution in [0.3, 0.4) is 0 Å². The summed E-state index contributed by atoms with van der Waals surface area (Å²) in [6, 6.07) is 8.00. The van der Waals surface area contributed by atoms with Gasteiger partial charge in [-0.3, -0.25) is 4.79 Å². The van der Waals surface area contributed by atoms with Gasteiger partial charge in [0.1, 0.15) is 0 Å². The summed E-state index contributed by atoms with van der Waals surface area (Å²) in [7, 11) is 1.86. The highest BCUT2D eigenvalue weighted by atomic mass is 79.9. The quantitative estimate of drug-likeness (QED) is 0.830. The van der Waals surface area contributed by atoms with E-state index in [9.17, 15) is 4.79 Å². The smallest absolute Gasteiger partial charge is 0.225 e. The van der Waals surface area contributed by atoms with Crippen LogP contribution in [0, 0.1) is 11.8 Å². The van der Waals surface area contributed by atoms with Gasteiger partial charge in [0.15, 0.2) is 0 Å². The van der Waals surface area contributed by atoms with E-state index in [0.29, 0.717) is 12.5 Å². The molecular weight excluding hydrogens is 278 g/mol. The monoisotopic (exact) mass is 297 g/mol. The lowest BCUT2D eigenvalue weighted by atomic mass is 9.96. The predicted octanol–water partition coefficient (Wildman–Crippen LogP) is 3.70. The molecule has 1 unspecified atom stereocenters. The normalized spacial score (nSPS) is 12.6. The second kappa shape index (κ2) is 6.20. The third-order valence-corrected chi connectivity index (χ3v) is 3.90. The molecule has 0 aliphatic heterocycles. The van der Waals surface area contributed by atoms with Crippen molar-refractivity contribution in [3.63, 3.8) is 0 Å². The van der Waals surface area contributed by atoms with Gasteiger partial charge in [-0.1, -0.05) is 54.9 Å². The molecule has 2 nitrogen and oxygen atoms in total. The molecule has 1 rings (SSSR count). The summed E-state index contributed by atoms with van der Waals surface area (Å²) in [5.74, 6) is 0.655. The maximum absolute atomic E-state index is 12.1. The van der Waals surface area contributed by atoms with E-state index >= 15 is 0 Å². The van der Waals surface area contributed by atoms with Crippen molar-refractivity contribution in [2.24, 2.45) is 11.8 Å². The Balaban J connectivity index is 2.70. The molecule has 0 aromatic heterocycles. The van der Waals surface area contributed by atoms with E-state index in [-0.39, 0.29) is 11.8 Å². The average Bonchev–Trinajstić information content (AvgIpc) is 2.30. The largest absolute Gasteiger partial charge is 0.341 e. The second-order valence-corrected chi connectivity index (χ2v) is 5.67. The standard InChI is InChI=1S/C14H20BrNO/c1-10(2)11(3)14(17)16(4)9-12-7-5-6-8-13(12)15/h5-8,10-11H,9H2,1-4H3. The summed E-state index contributed by atoms with van der Waals surface area (Å²) in [6.45, 7) is 6.80. The highest BCUT2D eigenvalue weighted by Gasteiger charge is 2.20. The van der Waals surface area contributed by atoms with Crippen molar-refractivity contribution in [2.45, 2.75) is 27.3 Å². The topological polar surface area (TPSA) is 20.3 Å². The van der Waals surface area contributed by atoms with Crippen molar-refractivity contribution in [1.82, 2.24) is 4.90 Å². The molecule has 0 saturated heterocycles. The molecule has 94 valence electrons. The Labute approximate surface area is 112 Å². The molecule has 0 saturated carbocycles. The zero-order valence-corrected chi connectivity index (χ0v) is 12.5. The minimum atomic E-state index is 0.0717. The molecule has 0 aliphatic rings. The lowest BCUT2D eigenvalue weighted by molar-refractivity contribution is -0.135. The van der Waals surface area contributed by atoms with Gasteiger partial charge in [-0.15, -0.1) is 0 Å². The van der Waals surface area contributed by atoms with Crippen molar-refractivity contribution in [3.8, 4) is 0 Å². The fourth-order valence-corrected chi connectivity index (χ4v) is 2.00. The van der Waals surface area contributed by atoms with Gasteiger partial charge in [0.25, 0.3) is 0 Å². The van der Waals surface area contributed by atoms with Crippen molar-refractivity contribution < 1.29 is 4.79 Å². The van der Waals surface area contributed by atoms with Crippen molar-refractivity contribution >= 4 is 21.8 Å². The molecule has 1 amide bonds. The zero-order chi connectivity index (χ0) is 13.0. The lowest BCUT2D eigenvalue weighted by Crippen LogP contribution is -2.33. The lowest BCUT2D eigenvalue weighted by Gasteiger charge is -2.24. The van der Waals surface area contributed by atoms with Crippen molar-refractivity contribution in [1.29, 1.82) is 0 Å². The van der Waals surface area contributed by atoms with Gasteiger partial charge >= 0.3 is 0 Å². The minimum absolute atomic E-state index is 0.0717. The highest BCUT2D eigenvalue weighted by Crippen LogP contribution is 2.19. The van der Waals surface area contributed by atoms with Crippen LogP contribution < -0.4 is 0 Å². The number of rotatable bonds is 4. The predicted molar refractivity (Wildman–Crippen MR) is 74.6 cm³/mol. The summed E-state index contributed by atoms with van der Waals surface area (Å²) >= 11 is 3.50. The third-order valence-electron chi connectivity index (χ3n) is 3.13. The van der Waals surface area contributed by atoms with E-state index in [1.165, 1.54) is 0 Å². The highest BCUT2D eigenvalue weighted by molar-refractivity contribution is 9.10. The molecular formula is C14H20BrNO. The van der Waals surface area contributed by atoms with Gasteiger partial charge in [-0.05, 0) is 17.5 Å². The number of carbonyl (C=O) groups is 1. The second-order valence-electron chi connectivity index (χ2n) is 4.82. The fraction of sp³-hybridized carbons (Fsp3) is 0.500. The van der Waals surface area contributed by atoms with Gasteiger partial charge in [-0.2, -0.15) is 0 Å². The summed E-state index contributed by atoms with van der Waals surface area (Å²) in [5.41, 5.74) is 1.14. The van der Waals surface area contributed by atoms with Crippen LogP contribution in [0.25, 0.3) is 0 Å². The molecule has 0 radical (unpaired) electrons. The molecule has 0 fully saturated rings. The number of hydrogen-bond donors (Lipinski definition) is 0. The van der Waals surface area contributed by atoms with Crippen LogP contribution in [0.15, 0.2) is 28.7 Å². The first kappa shape index (κ1) is 14.2. The molecule has 1 aromatic rings. The van der Waals surface area contributed by atoms with Crippen LogP contribution in [0.4, 0.5) is 0 Å². The first-order valence-electron chi connectivity index (χ1n) is 5.92. The van der Waals surface area contributed by atoms with Crippen LogP contribution >= 0.6 is 15.9 Å². The fourth-order valence-electron chi connectivity index (χ4n) is 1.59. The molecule has 0 bridgehead atoms. The molecule has 0 spiro atoms. The average molecular weight is 298 g/mol. The van der Waals surface area contributed by atoms with Crippen LogP contribution in [-0.2, 0) is 11.3 Å². The Kier molecular flexibility index (Phi) is 5.19. The van der Waals surface area contributed by atoms with Crippen LogP contribution in [0.5, 0.6) is 0 Å². The van der Waals surface area contributed by atoms with Crippen molar-refractivity contribution in [3.05, 3.63) is 34.3 Å². The SMILES string of the molecule is CC(C)C(C)C(=O)N(C)Cc1ccccc1Br. The maximum Gasteiger partial charge on any atom is 0.225 e. The maximum atomic E-state index is 12.1. The van der Waals surface area contributed by atoms with E-state index in [1.807, 2.05) is 38.2 Å². The molecule has 0 heterocycles. The number of halogens is 1. The van der Waals surface area contributed by atoms with Crippen molar-refractivity contribution in [2.75, 3.05) is 7.05 Å². The Morgan fingerprint density at radius 2 is 1.88 bits per heavy atom. The molecule has 3 heteroatoms. The van der Waals surface area contributed by atoms with Gasteiger partial charge < -0.3 is 4.90 Å². The zero-order valence-electron chi connectivity index (χ0n) is 10.9.